The standard InChI is InChI=1S/C12H13ClN2OS/c1-8-9(13)2-3-10-11(8)14-12(17-10)15-4-6-16-7-5-15/h2-3H,4-7H2,1H3. The zero-order valence-electron chi connectivity index (χ0n) is 9.57. The molecule has 0 aliphatic carbocycles. The zero-order chi connectivity index (χ0) is 11.8. The fraction of sp³-hybridized carbons (Fsp3) is 0.417. The Morgan fingerprint density at radius 1 is 1.35 bits per heavy atom. The Labute approximate surface area is 109 Å². The third-order valence-electron chi connectivity index (χ3n) is 3.02. The smallest absolute Gasteiger partial charge is 0.186 e. The number of fused-ring (bicyclic) bond motifs is 1. The molecule has 3 rings (SSSR count). The third-order valence-corrected chi connectivity index (χ3v) is 4.51. The normalized spacial score (nSPS) is 16.7. The highest BCUT2D eigenvalue weighted by Crippen LogP contribution is 2.33. The number of aromatic nitrogens is 1. The molecule has 0 saturated carbocycles. The zero-order valence-corrected chi connectivity index (χ0v) is 11.1. The van der Waals surface area contributed by atoms with Crippen LogP contribution >= 0.6 is 22.9 Å². The topological polar surface area (TPSA) is 25.4 Å². The lowest BCUT2D eigenvalue weighted by atomic mass is 10.2. The van der Waals surface area contributed by atoms with E-state index in [9.17, 15) is 0 Å². The summed E-state index contributed by atoms with van der Waals surface area (Å²) in [6, 6.07) is 3.99. The van der Waals surface area contributed by atoms with E-state index in [1.54, 1.807) is 11.3 Å². The summed E-state index contributed by atoms with van der Waals surface area (Å²) in [6.07, 6.45) is 0. The minimum Gasteiger partial charge on any atom is -0.378 e. The van der Waals surface area contributed by atoms with Crippen LogP contribution in [-0.4, -0.2) is 31.3 Å². The molecule has 0 atom stereocenters. The van der Waals surface area contributed by atoms with E-state index in [2.05, 4.69) is 4.90 Å². The number of aryl methyl sites for hydroxylation is 1. The highest BCUT2D eigenvalue weighted by atomic mass is 35.5. The Morgan fingerprint density at radius 3 is 2.88 bits per heavy atom. The van der Waals surface area contributed by atoms with Crippen LogP contribution in [0.5, 0.6) is 0 Å². The average molecular weight is 269 g/mol. The van der Waals surface area contributed by atoms with Gasteiger partial charge in [0.15, 0.2) is 5.13 Å². The molecule has 0 spiro atoms. The number of morpholine rings is 1. The van der Waals surface area contributed by atoms with Crippen molar-refractivity contribution in [2.45, 2.75) is 6.92 Å². The molecule has 1 fully saturated rings. The van der Waals surface area contributed by atoms with E-state index in [4.69, 9.17) is 21.3 Å². The molecule has 5 heteroatoms. The Morgan fingerprint density at radius 2 is 2.12 bits per heavy atom. The molecule has 0 bridgehead atoms. The quantitative estimate of drug-likeness (QED) is 0.795. The second-order valence-electron chi connectivity index (χ2n) is 4.11. The lowest BCUT2D eigenvalue weighted by Gasteiger charge is -2.25. The summed E-state index contributed by atoms with van der Waals surface area (Å²) in [4.78, 5) is 6.98. The van der Waals surface area contributed by atoms with Crippen LogP contribution in [0.15, 0.2) is 12.1 Å². The van der Waals surface area contributed by atoms with Gasteiger partial charge >= 0.3 is 0 Å². The first-order valence-corrected chi connectivity index (χ1v) is 6.83. The van der Waals surface area contributed by atoms with Gasteiger partial charge < -0.3 is 9.64 Å². The third kappa shape index (κ3) is 2.01. The maximum absolute atomic E-state index is 6.11. The summed E-state index contributed by atoms with van der Waals surface area (Å²) in [6.45, 7) is 5.44. The monoisotopic (exact) mass is 268 g/mol. The van der Waals surface area contributed by atoms with Crippen LogP contribution in [0, 0.1) is 6.92 Å². The van der Waals surface area contributed by atoms with Crippen molar-refractivity contribution in [3.8, 4) is 0 Å². The van der Waals surface area contributed by atoms with Crippen LogP contribution in [0.25, 0.3) is 10.2 Å². The predicted molar refractivity (Wildman–Crippen MR) is 72.4 cm³/mol. The molecule has 1 aliphatic heterocycles. The first-order chi connectivity index (χ1) is 8.25. The molecule has 0 amide bonds. The maximum atomic E-state index is 6.11. The highest BCUT2D eigenvalue weighted by molar-refractivity contribution is 7.22. The maximum Gasteiger partial charge on any atom is 0.186 e. The van der Waals surface area contributed by atoms with Gasteiger partial charge in [0, 0.05) is 18.1 Å². The van der Waals surface area contributed by atoms with Gasteiger partial charge in [-0.15, -0.1) is 0 Å². The van der Waals surface area contributed by atoms with Crippen molar-refractivity contribution in [3.05, 3.63) is 22.7 Å². The first kappa shape index (κ1) is 11.3. The van der Waals surface area contributed by atoms with Gasteiger partial charge in [-0.2, -0.15) is 0 Å². The van der Waals surface area contributed by atoms with E-state index in [-0.39, 0.29) is 0 Å². The molecule has 90 valence electrons. The number of benzene rings is 1. The van der Waals surface area contributed by atoms with E-state index in [0.29, 0.717) is 0 Å². The number of anilines is 1. The van der Waals surface area contributed by atoms with Crippen molar-refractivity contribution >= 4 is 38.3 Å². The largest absolute Gasteiger partial charge is 0.378 e. The van der Waals surface area contributed by atoms with Crippen LogP contribution in [0.1, 0.15) is 5.56 Å². The van der Waals surface area contributed by atoms with Crippen LogP contribution < -0.4 is 4.90 Å². The number of thiazole rings is 1. The lowest BCUT2D eigenvalue weighted by molar-refractivity contribution is 0.122. The van der Waals surface area contributed by atoms with E-state index < -0.39 is 0 Å². The molecule has 1 aliphatic rings. The number of halogens is 1. The van der Waals surface area contributed by atoms with Crippen molar-refractivity contribution in [2.24, 2.45) is 0 Å². The molecule has 2 heterocycles. The van der Waals surface area contributed by atoms with Gasteiger partial charge in [0.1, 0.15) is 0 Å². The van der Waals surface area contributed by atoms with Gasteiger partial charge in [0.2, 0.25) is 0 Å². The first-order valence-electron chi connectivity index (χ1n) is 5.64. The van der Waals surface area contributed by atoms with Gasteiger partial charge in [0.25, 0.3) is 0 Å². The van der Waals surface area contributed by atoms with E-state index >= 15 is 0 Å². The second kappa shape index (κ2) is 4.44. The number of rotatable bonds is 1. The van der Waals surface area contributed by atoms with Gasteiger partial charge in [-0.25, -0.2) is 4.98 Å². The van der Waals surface area contributed by atoms with E-state index in [1.165, 1.54) is 4.70 Å². The Hall–Kier alpha value is -0.840. The van der Waals surface area contributed by atoms with Crippen molar-refractivity contribution in [1.29, 1.82) is 0 Å². The molecule has 1 saturated heterocycles. The van der Waals surface area contributed by atoms with Gasteiger partial charge in [-0.3, -0.25) is 0 Å². The van der Waals surface area contributed by atoms with Gasteiger partial charge in [-0.1, -0.05) is 22.9 Å². The van der Waals surface area contributed by atoms with Crippen LogP contribution in [0.4, 0.5) is 5.13 Å². The Kier molecular flexibility index (Phi) is 2.94. The van der Waals surface area contributed by atoms with E-state index in [0.717, 1.165) is 47.5 Å². The summed E-state index contributed by atoms with van der Waals surface area (Å²) in [5, 5.41) is 1.87. The molecule has 1 aromatic heterocycles. The van der Waals surface area contributed by atoms with Crippen molar-refractivity contribution in [3.63, 3.8) is 0 Å². The van der Waals surface area contributed by atoms with Gasteiger partial charge in [-0.05, 0) is 24.6 Å². The van der Waals surface area contributed by atoms with Crippen molar-refractivity contribution < 1.29 is 4.74 Å². The summed E-state index contributed by atoms with van der Waals surface area (Å²) in [5.74, 6) is 0. The number of hydrogen-bond donors (Lipinski definition) is 0. The van der Waals surface area contributed by atoms with E-state index in [1.807, 2.05) is 19.1 Å². The molecule has 0 radical (unpaired) electrons. The van der Waals surface area contributed by atoms with Crippen LogP contribution in [-0.2, 0) is 4.74 Å². The Bertz CT molecular complexity index is 549. The highest BCUT2D eigenvalue weighted by Gasteiger charge is 2.16. The van der Waals surface area contributed by atoms with Crippen molar-refractivity contribution in [1.82, 2.24) is 4.98 Å². The molecule has 0 unspecified atom stereocenters. The molecule has 0 N–H and O–H groups in total. The van der Waals surface area contributed by atoms with Crippen molar-refractivity contribution in [2.75, 3.05) is 31.2 Å². The molecular weight excluding hydrogens is 256 g/mol. The molecule has 17 heavy (non-hydrogen) atoms. The lowest BCUT2D eigenvalue weighted by Crippen LogP contribution is -2.36. The molecule has 1 aromatic carbocycles. The molecule has 2 aromatic rings. The fourth-order valence-electron chi connectivity index (χ4n) is 1.98. The summed E-state index contributed by atoms with van der Waals surface area (Å²) < 4.78 is 6.55. The van der Waals surface area contributed by atoms with Gasteiger partial charge in [0.05, 0.1) is 23.4 Å². The second-order valence-corrected chi connectivity index (χ2v) is 5.53. The number of hydrogen-bond acceptors (Lipinski definition) is 4. The number of nitrogens with zero attached hydrogens (tertiary/aromatic N) is 2. The average Bonchev–Trinajstić information content (AvgIpc) is 2.80. The predicted octanol–water partition coefficient (Wildman–Crippen LogP) is 3.09. The number of ether oxygens (including phenoxy) is 1. The Balaban J connectivity index is 2.04. The van der Waals surface area contributed by atoms with Crippen LogP contribution in [0.3, 0.4) is 0 Å². The summed E-state index contributed by atoms with van der Waals surface area (Å²) >= 11 is 7.84. The molecule has 3 nitrogen and oxygen atoms in total. The minimum absolute atomic E-state index is 0.787. The summed E-state index contributed by atoms with van der Waals surface area (Å²) in [7, 11) is 0. The fourth-order valence-corrected chi connectivity index (χ4v) is 3.21. The molecular formula is C12H13ClN2OS. The van der Waals surface area contributed by atoms with Crippen LogP contribution in [0.2, 0.25) is 5.02 Å². The SMILES string of the molecule is Cc1c(Cl)ccc2sc(N3CCOCC3)nc12. The minimum atomic E-state index is 0.787. The summed E-state index contributed by atoms with van der Waals surface area (Å²) in [5.41, 5.74) is 2.10.